The van der Waals surface area contributed by atoms with Crippen LogP contribution in [-0.2, 0) is 4.79 Å². The van der Waals surface area contributed by atoms with Crippen LogP contribution in [0.4, 0.5) is 0 Å². The lowest BCUT2D eigenvalue weighted by Gasteiger charge is -2.35. The Balaban J connectivity index is 2.29. The Labute approximate surface area is 105 Å². The summed E-state index contributed by atoms with van der Waals surface area (Å²) in [7, 11) is 0. The summed E-state index contributed by atoms with van der Waals surface area (Å²) in [6.45, 7) is 10.1. The lowest BCUT2D eigenvalue weighted by Crippen LogP contribution is -2.46. The highest BCUT2D eigenvalue weighted by Crippen LogP contribution is 2.16. The number of carbonyl (C=O) groups excluding carboxylic acids is 1. The molecule has 0 bridgehead atoms. The number of likely N-dealkylation sites (tertiary alicyclic amines) is 1. The SMILES string of the molecule is CC(=O)NC1CCN(CC(CN)C(C)C)CC1. The topological polar surface area (TPSA) is 58.4 Å². The minimum Gasteiger partial charge on any atom is -0.354 e. The molecule has 1 amide bonds. The van der Waals surface area contributed by atoms with Crippen molar-refractivity contribution in [3.63, 3.8) is 0 Å². The predicted molar refractivity (Wildman–Crippen MR) is 70.7 cm³/mol. The average Bonchev–Trinajstić information content (AvgIpc) is 2.26. The number of nitrogens with one attached hydrogen (secondary N) is 1. The van der Waals surface area contributed by atoms with Crippen LogP contribution in [0.5, 0.6) is 0 Å². The highest BCUT2D eigenvalue weighted by Gasteiger charge is 2.22. The molecule has 1 unspecified atom stereocenters. The van der Waals surface area contributed by atoms with Crippen LogP contribution in [0.2, 0.25) is 0 Å². The van der Waals surface area contributed by atoms with Gasteiger partial charge in [0.25, 0.3) is 0 Å². The second-order valence-corrected chi connectivity index (χ2v) is 5.52. The first-order chi connectivity index (χ1) is 8.02. The molecule has 1 heterocycles. The Morgan fingerprint density at radius 3 is 2.41 bits per heavy atom. The van der Waals surface area contributed by atoms with Gasteiger partial charge in [0, 0.05) is 32.6 Å². The van der Waals surface area contributed by atoms with E-state index in [0.29, 0.717) is 17.9 Å². The van der Waals surface area contributed by atoms with Crippen molar-refractivity contribution in [1.29, 1.82) is 0 Å². The summed E-state index contributed by atoms with van der Waals surface area (Å²) in [5.41, 5.74) is 5.80. The number of rotatable bonds is 5. The van der Waals surface area contributed by atoms with Gasteiger partial charge in [0.05, 0.1) is 0 Å². The summed E-state index contributed by atoms with van der Waals surface area (Å²) in [6.07, 6.45) is 2.13. The fourth-order valence-electron chi connectivity index (χ4n) is 2.44. The van der Waals surface area contributed by atoms with E-state index in [4.69, 9.17) is 5.73 Å². The number of amides is 1. The van der Waals surface area contributed by atoms with Crippen LogP contribution in [0, 0.1) is 11.8 Å². The lowest BCUT2D eigenvalue weighted by atomic mass is 9.94. The maximum atomic E-state index is 11.0. The molecule has 1 atom stereocenters. The van der Waals surface area contributed by atoms with E-state index < -0.39 is 0 Å². The van der Waals surface area contributed by atoms with Crippen LogP contribution in [0.3, 0.4) is 0 Å². The van der Waals surface area contributed by atoms with Gasteiger partial charge in [0.15, 0.2) is 0 Å². The number of hydrogen-bond acceptors (Lipinski definition) is 3. The lowest BCUT2D eigenvalue weighted by molar-refractivity contribution is -0.119. The van der Waals surface area contributed by atoms with Crippen molar-refractivity contribution in [2.45, 2.75) is 39.7 Å². The standard InChI is InChI=1S/C13H27N3O/c1-10(2)12(8-14)9-16-6-4-13(5-7-16)15-11(3)17/h10,12-13H,4-9,14H2,1-3H3,(H,15,17). The zero-order valence-corrected chi connectivity index (χ0v) is 11.4. The van der Waals surface area contributed by atoms with Gasteiger partial charge in [-0.05, 0) is 31.2 Å². The second-order valence-electron chi connectivity index (χ2n) is 5.52. The van der Waals surface area contributed by atoms with E-state index in [1.165, 1.54) is 0 Å². The highest BCUT2D eigenvalue weighted by molar-refractivity contribution is 5.73. The Hall–Kier alpha value is -0.610. The third kappa shape index (κ3) is 5.04. The van der Waals surface area contributed by atoms with E-state index in [1.54, 1.807) is 6.92 Å². The van der Waals surface area contributed by atoms with E-state index in [-0.39, 0.29) is 5.91 Å². The quantitative estimate of drug-likeness (QED) is 0.749. The first-order valence-electron chi connectivity index (χ1n) is 6.72. The first-order valence-corrected chi connectivity index (χ1v) is 6.72. The third-order valence-corrected chi connectivity index (χ3v) is 3.73. The zero-order valence-electron chi connectivity index (χ0n) is 11.4. The van der Waals surface area contributed by atoms with Crippen molar-refractivity contribution in [2.24, 2.45) is 17.6 Å². The van der Waals surface area contributed by atoms with Gasteiger partial charge in [-0.1, -0.05) is 13.8 Å². The van der Waals surface area contributed by atoms with E-state index >= 15 is 0 Å². The van der Waals surface area contributed by atoms with Crippen LogP contribution in [0.15, 0.2) is 0 Å². The smallest absolute Gasteiger partial charge is 0.217 e. The summed E-state index contributed by atoms with van der Waals surface area (Å²) in [5, 5.41) is 3.00. The number of carbonyl (C=O) groups is 1. The normalized spacial score (nSPS) is 20.5. The molecule has 0 aromatic heterocycles. The Bertz CT molecular complexity index is 235. The van der Waals surface area contributed by atoms with Crippen LogP contribution < -0.4 is 11.1 Å². The minimum atomic E-state index is 0.0884. The third-order valence-electron chi connectivity index (χ3n) is 3.73. The van der Waals surface area contributed by atoms with Crippen molar-refractivity contribution < 1.29 is 4.79 Å². The predicted octanol–water partition coefficient (Wildman–Crippen LogP) is 0.818. The molecule has 1 rings (SSSR count). The summed E-state index contributed by atoms with van der Waals surface area (Å²) in [4.78, 5) is 13.4. The molecule has 100 valence electrons. The maximum Gasteiger partial charge on any atom is 0.217 e. The van der Waals surface area contributed by atoms with Gasteiger partial charge in [-0.3, -0.25) is 4.79 Å². The van der Waals surface area contributed by atoms with Crippen LogP contribution in [-0.4, -0.2) is 43.0 Å². The van der Waals surface area contributed by atoms with Crippen LogP contribution in [0.1, 0.15) is 33.6 Å². The molecule has 3 N–H and O–H groups in total. The number of piperidine rings is 1. The maximum absolute atomic E-state index is 11.0. The zero-order chi connectivity index (χ0) is 12.8. The number of hydrogen-bond donors (Lipinski definition) is 2. The van der Waals surface area contributed by atoms with E-state index in [0.717, 1.165) is 39.0 Å². The van der Waals surface area contributed by atoms with Gasteiger partial charge >= 0.3 is 0 Å². The van der Waals surface area contributed by atoms with E-state index in [1.807, 2.05) is 0 Å². The van der Waals surface area contributed by atoms with Crippen molar-refractivity contribution in [3.05, 3.63) is 0 Å². The molecule has 0 spiro atoms. The largest absolute Gasteiger partial charge is 0.354 e. The fourth-order valence-corrected chi connectivity index (χ4v) is 2.44. The van der Waals surface area contributed by atoms with E-state index in [9.17, 15) is 4.79 Å². The summed E-state index contributed by atoms with van der Waals surface area (Å²) in [5.74, 6) is 1.32. The molecule has 0 aromatic carbocycles. The molecule has 0 aromatic rings. The fraction of sp³-hybridized carbons (Fsp3) is 0.923. The Kier molecular flexibility index (Phi) is 5.92. The van der Waals surface area contributed by atoms with Crippen molar-refractivity contribution >= 4 is 5.91 Å². The monoisotopic (exact) mass is 241 g/mol. The van der Waals surface area contributed by atoms with Crippen LogP contribution >= 0.6 is 0 Å². The van der Waals surface area contributed by atoms with Gasteiger partial charge in [-0.25, -0.2) is 0 Å². The van der Waals surface area contributed by atoms with Crippen molar-refractivity contribution in [3.8, 4) is 0 Å². The molecule has 4 heteroatoms. The summed E-state index contributed by atoms with van der Waals surface area (Å²) < 4.78 is 0. The molecule has 0 aliphatic carbocycles. The molecule has 1 saturated heterocycles. The molecule has 4 nitrogen and oxygen atoms in total. The molecule has 17 heavy (non-hydrogen) atoms. The van der Waals surface area contributed by atoms with Crippen LogP contribution in [0.25, 0.3) is 0 Å². The highest BCUT2D eigenvalue weighted by atomic mass is 16.1. The number of nitrogens with zero attached hydrogens (tertiary/aromatic N) is 1. The summed E-state index contributed by atoms with van der Waals surface area (Å²) in [6, 6.07) is 0.374. The van der Waals surface area contributed by atoms with Gasteiger partial charge < -0.3 is 16.0 Å². The van der Waals surface area contributed by atoms with Gasteiger partial charge in [-0.2, -0.15) is 0 Å². The van der Waals surface area contributed by atoms with Gasteiger partial charge in [0.1, 0.15) is 0 Å². The molecule has 0 radical (unpaired) electrons. The average molecular weight is 241 g/mol. The minimum absolute atomic E-state index is 0.0884. The number of nitrogens with two attached hydrogens (primary N) is 1. The molecular weight excluding hydrogens is 214 g/mol. The first kappa shape index (κ1) is 14.5. The van der Waals surface area contributed by atoms with Gasteiger partial charge in [-0.15, -0.1) is 0 Å². The van der Waals surface area contributed by atoms with Gasteiger partial charge in [0.2, 0.25) is 5.91 Å². The van der Waals surface area contributed by atoms with Crippen molar-refractivity contribution in [1.82, 2.24) is 10.2 Å². The second kappa shape index (κ2) is 6.97. The molecule has 1 fully saturated rings. The van der Waals surface area contributed by atoms with E-state index in [2.05, 4.69) is 24.1 Å². The molecule has 0 saturated carbocycles. The Morgan fingerprint density at radius 2 is 2.00 bits per heavy atom. The Morgan fingerprint density at radius 1 is 1.41 bits per heavy atom. The molecule has 1 aliphatic rings. The summed E-state index contributed by atoms with van der Waals surface area (Å²) >= 11 is 0. The molecule has 1 aliphatic heterocycles. The van der Waals surface area contributed by atoms with Crippen molar-refractivity contribution in [2.75, 3.05) is 26.2 Å². The molecular formula is C13H27N3O.